The van der Waals surface area contributed by atoms with Gasteiger partial charge in [0.05, 0.1) is 0 Å². The molecule has 106 valence electrons. The van der Waals surface area contributed by atoms with E-state index in [4.69, 9.17) is 0 Å². The van der Waals surface area contributed by atoms with Gasteiger partial charge in [-0.05, 0) is 23.4 Å². The number of nitrogens with one attached hydrogen (secondary N) is 1. The summed E-state index contributed by atoms with van der Waals surface area (Å²) in [6, 6.07) is 13.8. The lowest BCUT2D eigenvalue weighted by atomic mass is 9.88. The van der Waals surface area contributed by atoms with Crippen molar-refractivity contribution in [3.05, 3.63) is 58.3 Å². The predicted octanol–water partition coefficient (Wildman–Crippen LogP) is 3.31. The summed E-state index contributed by atoms with van der Waals surface area (Å²) in [5.74, 6) is -0.791. The highest BCUT2D eigenvalue weighted by Crippen LogP contribution is 2.20. The van der Waals surface area contributed by atoms with Crippen LogP contribution in [0.5, 0.6) is 0 Å². The Bertz CT molecular complexity index is 539. The van der Waals surface area contributed by atoms with Crippen LogP contribution in [0.3, 0.4) is 0 Å². The summed E-state index contributed by atoms with van der Waals surface area (Å²) in [6.45, 7) is 2.50. The molecule has 2 N–H and O–H groups in total. The van der Waals surface area contributed by atoms with Crippen molar-refractivity contribution in [1.82, 2.24) is 5.32 Å². The monoisotopic (exact) mass is 289 g/mol. The minimum Gasteiger partial charge on any atom is -0.480 e. The Balaban J connectivity index is 2.14. The summed E-state index contributed by atoms with van der Waals surface area (Å²) < 4.78 is 0. The van der Waals surface area contributed by atoms with E-state index in [1.807, 2.05) is 54.8 Å². The summed E-state index contributed by atoms with van der Waals surface area (Å²) in [5.41, 5.74) is 0.126. The number of aliphatic carboxylic acids is 1. The number of thiophene rings is 1. The van der Waals surface area contributed by atoms with Crippen LogP contribution in [-0.2, 0) is 17.8 Å². The van der Waals surface area contributed by atoms with E-state index in [0.717, 1.165) is 10.4 Å². The van der Waals surface area contributed by atoms with Crippen LogP contribution in [0.15, 0.2) is 47.8 Å². The highest BCUT2D eigenvalue weighted by molar-refractivity contribution is 7.09. The Morgan fingerprint density at radius 3 is 2.55 bits per heavy atom. The molecule has 2 rings (SSSR count). The van der Waals surface area contributed by atoms with Gasteiger partial charge < -0.3 is 5.11 Å². The quantitative estimate of drug-likeness (QED) is 0.822. The summed E-state index contributed by atoms with van der Waals surface area (Å²) in [5, 5.41) is 14.9. The van der Waals surface area contributed by atoms with E-state index in [1.54, 1.807) is 11.3 Å². The van der Waals surface area contributed by atoms with Crippen molar-refractivity contribution in [3.8, 4) is 0 Å². The van der Waals surface area contributed by atoms with Crippen molar-refractivity contribution in [3.63, 3.8) is 0 Å². The zero-order valence-electron chi connectivity index (χ0n) is 11.5. The fourth-order valence-electron chi connectivity index (χ4n) is 2.23. The second-order valence-corrected chi connectivity index (χ2v) is 5.87. The topological polar surface area (TPSA) is 49.3 Å². The van der Waals surface area contributed by atoms with Crippen LogP contribution in [0.2, 0.25) is 0 Å². The first kappa shape index (κ1) is 14.8. The van der Waals surface area contributed by atoms with Gasteiger partial charge in [0, 0.05) is 17.8 Å². The van der Waals surface area contributed by atoms with Crippen LogP contribution in [0.1, 0.15) is 23.8 Å². The Kier molecular flexibility index (Phi) is 4.93. The normalized spacial score (nSPS) is 13.8. The van der Waals surface area contributed by atoms with Gasteiger partial charge >= 0.3 is 5.97 Å². The molecule has 0 fully saturated rings. The first-order valence-electron chi connectivity index (χ1n) is 6.71. The van der Waals surface area contributed by atoms with Crippen LogP contribution in [0, 0.1) is 0 Å². The van der Waals surface area contributed by atoms with Crippen LogP contribution in [0.4, 0.5) is 0 Å². The maximum atomic E-state index is 11.8. The highest BCUT2D eigenvalue weighted by atomic mass is 32.1. The molecule has 0 aliphatic heterocycles. The third kappa shape index (κ3) is 3.46. The molecule has 1 unspecified atom stereocenters. The van der Waals surface area contributed by atoms with Crippen LogP contribution in [-0.4, -0.2) is 16.6 Å². The number of hydrogen-bond donors (Lipinski definition) is 2. The number of benzene rings is 1. The van der Waals surface area contributed by atoms with Crippen molar-refractivity contribution in [2.75, 3.05) is 0 Å². The minimum absolute atomic E-state index is 0.491. The predicted molar refractivity (Wildman–Crippen MR) is 82.0 cm³/mol. The Morgan fingerprint density at radius 2 is 2.00 bits per heavy atom. The number of rotatable bonds is 7. The molecule has 0 saturated carbocycles. The number of carboxylic acid groups (broad SMARTS) is 1. The van der Waals surface area contributed by atoms with Gasteiger partial charge in [-0.15, -0.1) is 11.3 Å². The van der Waals surface area contributed by atoms with E-state index in [0.29, 0.717) is 19.4 Å². The molecular formula is C16H19NO2S. The van der Waals surface area contributed by atoms with Crippen molar-refractivity contribution in [1.29, 1.82) is 0 Å². The summed E-state index contributed by atoms with van der Waals surface area (Å²) in [4.78, 5) is 12.9. The molecule has 4 heteroatoms. The van der Waals surface area contributed by atoms with Gasteiger partial charge in [0.25, 0.3) is 0 Å². The lowest BCUT2D eigenvalue weighted by molar-refractivity contribution is -0.145. The van der Waals surface area contributed by atoms with Gasteiger partial charge in [-0.3, -0.25) is 10.1 Å². The van der Waals surface area contributed by atoms with Crippen LogP contribution < -0.4 is 5.32 Å². The molecule has 1 aromatic carbocycles. The van der Waals surface area contributed by atoms with Crippen molar-refractivity contribution < 1.29 is 9.90 Å². The third-order valence-electron chi connectivity index (χ3n) is 3.54. The molecule has 20 heavy (non-hydrogen) atoms. The van der Waals surface area contributed by atoms with E-state index in [9.17, 15) is 9.90 Å². The molecule has 0 saturated heterocycles. The lowest BCUT2D eigenvalue weighted by Crippen LogP contribution is -2.53. The number of hydrogen-bond acceptors (Lipinski definition) is 3. The maximum Gasteiger partial charge on any atom is 0.324 e. The Labute approximate surface area is 123 Å². The molecule has 1 atom stereocenters. The molecule has 0 aliphatic carbocycles. The molecule has 3 nitrogen and oxygen atoms in total. The van der Waals surface area contributed by atoms with Crippen molar-refractivity contribution in [2.45, 2.75) is 31.8 Å². The second-order valence-electron chi connectivity index (χ2n) is 4.84. The fourth-order valence-corrected chi connectivity index (χ4v) is 2.87. The molecule has 0 amide bonds. The van der Waals surface area contributed by atoms with Gasteiger partial charge in [0.2, 0.25) is 0 Å². The zero-order valence-corrected chi connectivity index (χ0v) is 12.3. The lowest BCUT2D eigenvalue weighted by Gasteiger charge is -2.29. The Morgan fingerprint density at radius 1 is 1.25 bits per heavy atom. The summed E-state index contributed by atoms with van der Waals surface area (Å²) in [6.07, 6.45) is 1.04. The van der Waals surface area contributed by atoms with Gasteiger partial charge in [-0.2, -0.15) is 0 Å². The second kappa shape index (κ2) is 6.68. The molecule has 0 bridgehead atoms. The van der Waals surface area contributed by atoms with Gasteiger partial charge in [0.1, 0.15) is 5.54 Å². The molecule has 0 spiro atoms. The smallest absolute Gasteiger partial charge is 0.324 e. The largest absolute Gasteiger partial charge is 0.480 e. The number of carboxylic acids is 1. The van der Waals surface area contributed by atoms with E-state index < -0.39 is 11.5 Å². The maximum absolute atomic E-state index is 11.8. The standard InChI is InChI=1S/C16H19NO2S/c1-2-16(15(18)19,11-13-7-4-3-5-8-13)17-12-14-9-6-10-20-14/h3-10,17H,2,11-12H2,1H3,(H,18,19). The van der Waals surface area contributed by atoms with Crippen molar-refractivity contribution in [2.24, 2.45) is 0 Å². The minimum atomic E-state index is -0.911. The molecule has 1 aromatic heterocycles. The van der Waals surface area contributed by atoms with Crippen molar-refractivity contribution >= 4 is 17.3 Å². The van der Waals surface area contributed by atoms with Crippen LogP contribution in [0.25, 0.3) is 0 Å². The van der Waals surface area contributed by atoms with Crippen LogP contribution >= 0.6 is 11.3 Å². The molecule has 1 heterocycles. The van der Waals surface area contributed by atoms with Gasteiger partial charge in [-0.25, -0.2) is 0 Å². The molecular weight excluding hydrogens is 270 g/mol. The van der Waals surface area contributed by atoms with Gasteiger partial charge in [-0.1, -0.05) is 43.3 Å². The average molecular weight is 289 g/mol. The SMILES string of the molecule is CCC(Cc1ccccc1)(NCc1cccs1)C(=O)O. The fraction of sp³-hybridized carbons (Fsp3) is 0.312. The zero-order chi connectivity index (χ0) is 14.4. The molecule has 2 aromatic rings. The van der Waals surface area contributed by atoms with E-state index in [1.165, 1.54) is 0 Å². The Hall–Kier alpha value is -1.65. The summed E-state index contributed by atoms with van der Waals surface area (Å²) in [7, 11) is 0. The number of carbonyl (C=O) groups is 1. The van der Waals surface area contributed by atoms with E-state index >= 15 is 0 Å². The highest BCUT2D eigenvalue weighted by Gasteiger charge is 2.36. The van der Waals surface area contributed by atoms with E-state index in [2.05, 4.69) is 5.32 Å². The first-order valence-corrected chi connectivity index (χ1v) is 7.59. The molecule has 0 aliphatic rings. The first-order chi connectivity index (χ1) is 9.66. The summed E-state index contributed by atoms with van der Waals surface area (Å²) >= 11 is 1.64. The van der Waals surface area contributed by atoms with Gasteiger partial charge in [0.15, 0.2) is 0 Å². The average Bonchev–Trinajstić information content (AvgIpc) is 2.97. The van der Waals surface area contributed by atoms with E-state index in [-0.39, 0.29) is 0 Å². The molecule has 0 radical (unpaired) electrons. The third-order valence-corrected chi connectivity index (χ3v) is 4.42.